The molecular weight excluding hydrogens is 198 g/mol. The minimum atomic E-state index is 0.162. The van der Waals surface area contributed by atoms with Crippen LogP contribution in [0.4, 0.5) is 0 Å². The highest BCUT2D eigenvalue weighted by Gasteiger charge is 2.08. The summed E-state index contributed by atoms with van der Waals surface area (Å²) in [4.78, 5) is 14.8. The number of benzene rings is 1. The maximum Gasteiger partial charge on any atom is 0.168 e. The van der Waals surface area contributed by atoms with Gasteiger partial charge in [0.05, 0.1) is 0 Å². The van der Waals surface area contributed by atoms with E-state index in [4.69, 9.17) is 0 Å². The van der Waals surface area contributed by atoms with Crippen molar-refractivity contribution in [3.05, 3.63) is 58.9 Å². The minimum absolute atomic E-state index is 0.162. The number of H-pyrrole nitrogens is 1. The van der Waals surface area contributed by atoms with Gasteiger partial charge in [0.15, 0.2) is 5.78 Å². The summed E-state index contributed by atoms with van der Waals surface area (Å²) in [7, 11) is 0. The summed E-state index contributed by atoms with van der Waals surface area (Å²) in [5.74, 6) is 0.162. The van der Waals surface area contributed by atoms with Crippen LogP contribution in [0.15, 0.2) is 36.7 Å². The predicted molar refractivity (Wildman–Crippen MR) is 64.7 cm³/mol. The number of ketones is 1. The number of aryl methyl sites for hydroxylation is 2. The molecule has 0 bridgehead atoms. The van der Waals surface area contributed by atoms with Crippen LogP contribution in [0.3, 0.4) is 0 Å². The Bertz CT molecular complexity index is 497. The van der Waals surface area contributed by atoms with Crippen molar-refractivity contribution in [1.29, 1.82) is 0 Å². The van der Waals surface area contributed by atoms with Crippen LogP contribution in [0, 0.1) is 13.8 Å². The molecule has 2 heteroatoms. The van der Waals surface area contributed by atoms with Gasteiger partial charge in [0, 0.05) is 24.4 Å². The van der Waals surface area contributed by atoms with Crippen molar-refractivity contribution in [3.63, 3.8) is 0 Å². The smallest absolute Gasteiger partial charge is 0.168 e. The first-order chi connectivity index (χ1) is 7.66. The van der Waals surface area contributed by atoms with Gasteiger partial charge in [-0.15, -0.1) is 0 Å². The molecule has 0 radical (unpaired) electrons. The zero-order chi connectivity index (χ0) is 11.5. The van der Waals surface area contributed by atoms with Crippen LogP contribution < -0.4 is 0 Å². The van der Waals surface area contributed by atoms with Gasteiger partial charge in [0.25, 0.3) is 0 Å². The molecule has 2 rings (SSSR count). The largest absolute Gasteiger partial charge is 0.367 e. The van der Waals surface area contributed by atoms with Gasteiger partial charge in [0.1, 0.15) is 0 Å². The van der Waals surface area contributed by atoms with E-state index in [0.29, 0.717) is 6.42 Å². The molecule has 0 aliphatic heterocycles. The molecule has 1 aromatic carbocycles. The molecule has 1 N–H and O–H groups in total. The van der Waals surface area contributed by atoms with E-state index in [2.05, 4.69) is 23.2 Å². The van der Waals surface area contributed by atoms with Gasteiger partial charge in [-0.2, -0.15) is 0 Å². The van der Waals surface area contributed by atoms with E-state index >= 15 is 0 Å². The van der Waals surface area contributed by atoms with Crippen molar-refractivity contribution >= 4 is 5.78 Å². The molecule has 0 aliphatic rings. The van der Waals surface area contributed by atoms with Crippen LogP contribution in [0.2, 0.25) is 0 Å². The second-order valence-corrected chi connectivity index (χ2v) is 4.13. The third kappa shape index (κ3) is 2.22. The first-order valence-corrected chi connectivity index (χ1v) is 5.39. The lowest BCUT2D eigenvalue weighted by molar-refractivity contribution is 0.0993. The van der Waals surface area contributed by atoms with Crippen molar-refractivity contribution in [2.75, 3.05) is 0 Å². The van der Waals surface area contributed by atoms with E-state index < -0.39 is 0 Å². The van der Waals surface area contributed by atoms with E-state index in [9.17, 15) is 4.79 Å². The Morgan fingerprint density at radius 1 is 1.25 bits per heavy atom. The Morgan fingerprint density at radius 3 is 2.75 bits per heavy atom. The Morgan fingerprint density at radius 2 is 2.06 bits per heavy atom. The minimum Gasteiger partial charge on any atom is -0.367 e. The summed E-state index contributed by atoms with van der Waals surface area (Å²) < 4.78 is 0. The zero-order valence-corrected chi connectivity index (χ0v) is 9.58. The van der Waals surface area contributed by atoms with E-state index in [0.717, 1.165) is 11.1 Å². The van der Waals surface area contributed by atoms with Gasteiger partial charge in [-0.1, -0.05) is 23.8 Å². The molecule has 1 aromatic heterocycles. The average Bonchev–Trinajstić information content (AvgIpc) is 2.76. The molecule has 2 aromatic rings. The summed E-state index contributed by atoms with van der Waals surface area (Å²) in [5.41, 5.74) is 4.24. The molecule has 0 atom stereocenters. The fourth-order valence-electron chi connectivity index (χ4n) is 1.76. The molecular formula is C14H15NO. The summed E-state index contributed by atoms with van der Waals surface area (Å²) in [6.45, 7) is 4.09. The number of carbonyl (C=O) groups excluding carboxylic acids is 1. The van der Waals surface area contributed by atoms with Gasteiger partial charge in [-0.25, -0.2) is 0 Å². The van der Waals surface area contributed by atoms with Crippen molar-refractivity contribution in [1.82, 2.24) is 4.98 Å². The molecule has 16 heavy (non-hydrogen) atoms. The molecule has 0 saturated carbocycles. The van der Waals surface area contributed by atoms with Gasteiger partial charge in [-0.3, -0.25) is 4.79 Å². The Hall–Kier alpha value is -1.83. The van der Waals surface area contributed by atoms with Crippen LogP contribution in [0.1, 0.15) is 27.0 Å². The molecule has 82 valence electrons. The molecule has 0 saturated heterocycles. The van der Waals surface area contributed by atoms with Crippen molar-refractivity contribution in [3.8, 4) is 0 Å². The highest BCUT2D eigenvalue weighted by atomic mass is 16.1. The van der Waals surface area contributed by atoms with Crippen LogP contribution >= 0.6 is 0 Å². The Kier molecular flexibility index (Phi) is 2.91. The lowest BCUT2D eigenvalue weighted by Crippen LogP contribution is -2.03. The first-order valence-electron chi connectivity index (χ1n) is 5.39. The SMILES string of the molecule is Cc1ccc(C)c(CC(=O)c2cc[nH]c2)c1. The monoisotopic (exact) mass is 213 g/mol. The van der Waals surface area contributed by atoms with Crippen LogP contribution in [0.5, 0.6) is 0 Å². The maximum atomic E-state index is 11.9. The molecule has 2 nitrogen and oxygen atoms in total. The second-order valence-electron chi connectivity index (χ2n) is 4.13. The highest BCUT2D eigenvalue weighted by molar-refractivity contribution is 5.97. The van der Waals surface area contributed by atoms with Gasteiger partial charge >= 0.3 is 0 Å². The Balaban J connectivity index is 2.21. The van der Waals surface area contributed by atoms with Gasteiger partial charge in [-0.05, 0) is 31.0 Å². The second kappa shape index (κ2) is 4.35. The van der Waals surface area contributed by atoms with E-state index in [1.165, 1.54) is 11.1 Å². The number of aromatic nitrogens is 1. The molecule has 0 fully saturated rings. The topological polar surface area (TPSA) is 32.9 Å². The number of hydrogen-bond donors (Lipinski definition) is 1. The van der Waals surface area contributed by atoms with Crippen molar-refractivity contribution < 1.29 is 4.79 Å². The van der Waals surface area contributed by atoms with Gasteiger partial charge in [0.2, 0.25) is 0 Å². The summed E-state index contributed by atoms with van der Waals surface area (Å²) in [6, 6.07) is 8.03. The number of aromatic amines is 1. The highest BCUT2D eigenvalue weighted by Crippen LogP contribution is 2.13. The lowest BCUT2D eigenvalue weighted by atomic mass is 9.99. The standard InChI is InChI=1S/C14H15NO/c1-10-3-4-11(2)13(7-10)8-14(16)12-5-6-15-9-12/h3-7,9,15H,8H2,1-2H3. The third-order valence-corrected chi connectivity index (χ3v) is 2.78. The zero-order valence-electron chi connectivity index (χ0n) is 9.58. The lowest BCUT2D eigenvalue weighted by Gasteiger charge is -2.05. The Labute approximate surface area is 95.3 Å². The van der Waals surface area contributed by atoms with Crippen LogP contribution in [-0.2, 0) is 6.42 Å². The van der Waals surface area contributed by atoms with E-state index in [1.807, 2.05) is 19.9 Å². The molecule has 0 spiro atoms. The van der Waals surface area contributed by atoms with E-state index in [-0.39, 0.29) is 5.78 Å². The third-order valence-electron chi connectivity index (χ3n) is 2.78. The first kappa shape index (κ1) is 10.7. The molecule has 0 amide bonds. The number of hydrogen-bond acceptors (Lipinski definition) is 1. The van der Waals surface area contributed by atoms with Crippen molar-refractivity contribution in [2.24, 2.45) is 0 Å². The maximum absolute atomic E-state index is 11.9. The summed E-state index contributed by atoms with van der Waals surface area (Å²) >= 11 is 0. The van der Waals surface area contributed by atoms with Crippen molar-refractivity contribution in [2.45, 2.75) is 20.3 Å². The van der Waals surface area contributed by atoms with Gasteiger partial charge < -0.3 is 4.98 Å². The van der Waals surface area contributed by atoms with Crippen LogP contribution in [0.25, 0.3) is 0 Å². The molecule has 0 aliphatic carbocycles. The normalized spacial score (nSPS) is 10.4. The molecule has 1 heterocycles. The van der Waals surface area contributed by atoms with E-state index in [1.54, 1.807) is 12.4 Å². The number of carbonyl (C=O) groups is 1. The average molecular weight is 213 g/mol. The number of rotatable bonds is 3. The summed E-state index contributed by atoms with van der Waals surface area (Å²) in [5, 5.41) is 0. The number of nitrogens with one attached hydrogen (secondary N) is 1. The fraction of sp³-hybridized carbons (Fsp3) is 0.214. The van der Waals surface area contributed by atoms with Crippen LogP contribution in [-0.4, -0.2) is 10.8 Å². The predicted octanol–water partition coefficient (Wildman–Crippen LogP) is 3.06. The number of Topliss-reactive ketones (excluding diaryl/α,β-unsaturated/α-hetero) is 1. The molecule has 0 unspecified atom stereocenters. The summed E-state index contributed by atoms with van der Waals surface area (Å²) in [6.07, 6.45) is 4.00. The quantitative estimate of drug-likeness (QED) is 0.781. The fourth-order valence-corrected chi connectivity index (χ4v) is 1.76.